The second-order valence-corrected chi connectivity index (χ2v) is 6.31. The number of benzene rings is 2. The number of rotatable bonds is 4. The van der Waals surface area contributed by atoms with E-state index < -0.39 is 0 Å². The van der Waals surface area contributed by atoms with Crippen LogP contribution in [0.25, 0.3) is 17.0 Å². The highest BCUT2D eigenvalue weighted by molar-refractivity contribution is 5.94. The quantitative estimate of drug-likeness (QED) is 0.603. The van der Waals surface area contributed by atoms with Crippen LogP contribution in [0.4, 0.5) is 4.39 Å². The van der Waals surface area contributed by atoms with E-state index in [1.807, 2.05) is 31.2 Å². The zero-order valence-corrected chi connectivity index (χ0v) is 14.7. The van der Waals surface area contributed by atoms with Gasteiger partial charge in [0.2, 0.25) is 0 Å². The van der Waals surface area contributed by atoms with Crippen LogP contribution in [0.3, 0.4) is 0 Å². The Labute approximate surface area is 155 Å². The third kappa shape index (κ3) is 3.42. The van der Waals surface area contributed by atoms with Gasteiger partial charge in [-0.15, -0.1) is 10.2 Å². The Morgan fingerprint density at radius 2 is 1.81 bits per heavy atom. The largest absolute Gasteiger partial charge is 0.348 e. The van der Waals surface area contributed by atoms with Gasteiger partial charge in [-0.3, -0.25) is 9.20 Å². The number of hydrogen-bond donors (Lipinski definition) is 1. The summed E-state index contributed by atoms with van der Waals surface area (Å²) >= 11 is 0. The summed E-state index contributed by atoms with van der Waals surface area (Å²) in [7, 11) is 0. The first-order valence-corrected chi connectivity index (χ1v) is 8.55. The molecule has 0 aliphatic carbocycles. The van der Waals surface area contributed by atoms with Crippen LogP contribution in [-0.4, -0.2) is 20.5 Å². The zero-order valence-electron chi connectivity index (χ0n) is 14.7. The van der Waals surface area contributed by atoms with E-state index in [2.05, 4.69) is 15.5 Å². The minimum Gasteiger partial charge on any atom is -0.348 e. The van der Waals surface area contributed by atoms with Gasteiger partial charge in [-0.1, -0.05) is 48.0 Å². The number of carbonyl (C=O) groups excluding carboxylic acids is 1. The monoisotopic (exact) mass is 360 g/mol. The van der Waals surface area contributed by atoms with Crippen LogP contribution in [-0.2, 0) is 6.54 Å². The molecule has 0 bridgehead atoms. The molecule has 0 radical (unpaired) electrons. The summed E-state index contributed by atoms with van der Waals surface area (Å²) in [6.07, 6.45) is 1.70. The molecule has 1 amide bonds. The van der Waals surface area contributed by atoms with Crippen LogP contribution in [0.2, 0.25) is 0 Å². The van der Waals surface area contributed by atoms with E-state index >= 15 is 0 Å². The van der Waals surface area contributed by atoms with E-state index in [1.54, 1.807) is 40.9 Å². The second kappa shape index (κ2) is 6.99. The maximum atomic E-state index is 13.7. The molecule has 4 rings (SSSR count). The van der Waals surface area contributed by atoms with Gasteiger partial charge >= 0.3 is 0 Å². The zero-order chi connectivity index (χ0) is 18.8. The normalized spacial score (nSPS) is 10.9. The Morgan fingerprint density at radius 1 is 1.04 bits per heavy atom. The van der Waals surface area contributed by atoms with E-state index in [1.165, 1.54) is 6.07 Å². The molecule has 0 aliphatic heterocycles. The van der Waals surface area contributed by atoms with Crippen LogP contribution in [0.15, 0.2) is 66.9 Å². The molecule has 2 aromatic heterocycles. The number of pyridine rings is 1. The number of aryl methyl sites for hydroxylation is 1. The molecular formula is C21H17FN4O. The van der Waals surface area contributed by atoms with Crippen LogP contribution in [0, 0.1) is 12.7 Å². The number of carbonyl (C=O) groups is 1. The summed E-state index contributed by atoms with van der Waals surface area (Å²) in [5.74, 6) is 0.0335. The molecule has 0 aliphatic rings. The van der Waals surface area contributed by atoms with E-state index in [9.17, 15) is 9.18 Å². The third-order valence-corrected chi connectivity index (χ3v) is 4.37. The molecule has 0 saturated heterocycles. The molecule has 5 nitrogen and oxygen atoms in total. The highest BCUT2D eigenvalue weighted by Gasteiger charge is 2.12. The molecule has 2 heterocycles. The molecule has 134 valence electrons. The number of amides is 1. The predicted molar refractivity (Wildman–Crippen MR) is 101 cm³/mol. The fraction of sp³-hybridized carbons (Fsp3) is 0.0952. The molecule has 0 atom stereocenters. The molecule has 2 aromatic carbocycles. The first-order valence-electron chi connectivity index (χ1n) is 8.55. The lowest BCUT2D eigenvalue weighted by Gasteiger charge is -2.07. The number of nitrogens with one attached hydrogen (secondary N) is 1. The number of aromatic nitrogens is 3. The molecule has 1 N–H and O–H groups in total. The first-order chi connectivity index (χ1) is 13.1. The molecule has 4 aromatic rings. The number of hydrogen-bond acceptors (Lipinski definition) is 3. The predicted octanol–water partition coefficient (Wildman–Crippen LogP) is 3.77. The Hall–Kier alpha value is -3.54. The number of fused-ring (bicyclic) bond motifs is 1. The summed E-state index contributed by atoms with van der Waals surface area (Å²) < 4.78 is 15.5. The second-order valence-electron chi connectivity index (χ2n) is 6.31. The average Bonchev–Trinajstić information content (AvgIpc) is 3.11. The third-order valence-electron chi connectivity index (χ3n) is 4.37. The Kier molecular flexibility index (Phi) is 4.38. The van der Waals surface area contributed by atoms with E-state index in [4.69, 9.17) is 0 Å². The molecular weight excluding hydrogens is 343 g/mol. The van der Waals surface area contributed by atoms with Crippen molar-refractivity contribution in [1.82, 2.24) is 19.9 Å². The molecule has 0 spiro atoms. The highest BCUT2D eigenvalue weighted by atomic mass is 19.1. The molecule has 6 heteroatoms. The molecule has 0 fully saturated rings. The molecule has 0 unspecified atom stereocenters. The van der Waals surface area contributed by atoms with Crippen molar-refractivity contribution in [3.8, 4) is 11.4 Å². The van der Waals surface area contributed by atoms with Crippen molar-refractivity contribution >= 4 is 11.6 Å². The summed E-state index contributed by atoms with van der Waals surface area (Å²) in [5, 5.41) is 11.1. The fourth-order valence-electron chi connectivity index (χ4n) is 2.84. The molecule has 0 saturated carbocycles. The van der Waals surface area contributed by atoms with Crippen molar-refractivity contribution < 1.29 is 9.18 Å². The summed E-state index contributed by atoms with van der Waals surface area (Å²) in [5.41, 5.74) is 3.61. The van der Waals surface area contributed by atoms with Gasteiger partial charge < -0.3 is 5.32 Å². The average molecular weight is 360 g/mol. The van der Waals surface area contributed by atoms with Crippen LogP contribution in [0.5, 0.6) is 0 Å². The van der Waals surface area contributed by atoms with E-state index in [0.717, 1.165) is 11.1 Å². The highest BCUT2D eigenvalue weighted by Crippen LogP contribution is 2.19. The van der Waals surface area contributed by atoms with Crippen molar-refractivity contribution in [2.75, 3.05) is 0 Å². The van der Waals surface area contributed by atoms with Crippen molar-refractivity contribution in [3.05, 3.63) is 89.4 Å². The van der Waals surface area contributed by atoms with Crippen molar-refractivity contribution in [1.29, 1.82) is 0 Å². The first kappa shape index (κ1) is 16.9. The minimum absolute atomic E-state index is 0.122. The van der Waals surface area contributed by atoms with Gasteiger partial charge in [0.05, 0.1) is 5.56 Å². The molecule has 27 heavy (non-hydrogen) atoms. The van der Waals surface area contributed by atoms with Gasteiger partial charge in [-0.05, 0) is 25.1 Å². The standard InChI is InChI=1S/C21H17FN4O/c1-14-6-8-15(9-7-14)20-25-24-19-11-10-17(13-26(19)20)21(27)23-12-16-4-2-3-5-18(16)22/h2-11,13H,12H2,1H3,(H,23,27). The number of nitrogens with zero attached hydrogens (tertiary/aromatic N) is 3. The van der Waals surface area contributed by atoms with Gasteiger partial charge in [0, 0.05) is 23.9 Å². The van der Waals surface area contributed by atoms with Gasteiger partial charge in [0.1, 0.15) is 5.82 Å². The van der Waals surface area contributed by atoms with Gasteiger partial charge in [0.15, 0.2) is 11.5 Å². The maximum Gasteiger partial charge on any atom is 0.253 e. The lowest BCUT2D eigenvalue weighted by atomic mass is 10.1. The maximum absolute atomic E-state index is 13.7. The van der Waals surface area contributed by atoms with Gasteiger partial charge in [0.25, 0.3) is 5.91 Å². The van der Waals surface area contributed by atoms with Crippen LogP contribution in [0.1, 0.15) is 21.5 Å². The summed E-state index contributed by atoms with van der Waals surface area (Å²) in [4.78, 5) is 12.5. The Morgan fingerprint density at radius 3 is 2.59 bits per heavy atom. The smallest absolute Gasteiger partial charge is 0.253 e. The van der Waals surface area contributed by atoms with E-state index in [0.29, 0.717) is 22.6 Å². The van der Waals surface area contributed by atoms with Crippen LogP contribution >= 0.6 is 0 Å². The van der Waals surface area contributed by atoms with Crippen molar-refractivity contribution in [2.24, 2.45) is 0 Å². The summed E-state index contributed by atoms with van der Waals surface area (Å²) in [6.45, 7) is 2.14. The van der Waals surface area contributed by atoms with Gasteiger partial charge in [-0.2, -0.15) is 0 Å². The van der Waals surface area contributed by atoms with E-state index in [-0.39, 0.29) is 18.3 Å². The van der Waals surface area contributed by atoms with Crippen molar-refractivity contribution in [2.45, 2.75) is 13.5 Å². The fourth-order valence-corrected chi connectivity index (χ4v) is 2.84. The number of halogens is 1. The Bertz CT molecular complexity index is 1120. The van der Waals surface area contributed by atoms with Crippen molar-refractivity contribution in [3.63, 3.8) is 0 Å². The SMILES string of the molecule is Cc1ccc(-c2nnc3ccc(C(=O)NCc4ccccc4F)cn23)cc1. The van der Waals surface area contributed by atoms with Gasteiger partial charge in [-0.25, -0.2) is 4.39 Å². The summed E-state index contributed by atoms with van der Waals surface area (Å²) in [6, 6.07) is 17.7. The lowest BCUT2D eigenvalue weighted by Crippen LogP contribution is -2.23. The Balaban J connectivity index is 1.61. The lowest BCUT2D eigenvalue weighted by molar-refractivity contribution is 0.0950. The topological polar surface area (TPSA) is 59.3 Å². The van der Waals surface area contributed by atoms with Crippen LogP contribution < -0.4 is 5.32 Å². The minimum atomic E-state index is -0.339.